The number of likely N-dealkylation sites (N-methyl/N-ethyl adjacent to an activating group) is 1. The third-order valence-electron chi connectivity index (χ3n) is 9.18. The number of nitrogens with two attached hydrogens (primary N) is 1. The molecule has 1 unspecified atom stereocenters. The summed E-state index contributed by atoms with van der Waals surface area (Å²) in [6.45, 7) is 4.63. The molecule has 1 aliphatic heterocycles. The van der Waals surface area contributed by atoms with Crippen molar-refractivity contribution in [3.8, 4) is 5.75 Å². The number of rotatable bonds is 5. The van der Waals surface area contributed by atoms with Crippen LogP contribution in [0.4, 0.5) is 13.2 Å². The minimum absolute atomic E-state index is 0.157. The molecule has 222 valence electrons. The first-order chi connectivity index (χ1) is 19.2. The lowest BCUT2D eigenvalue weighted by atomic mass is 9.58. The van der Waals surface area contributed by atoms with Crippen LogP contribution in [0.25, 0.3) is 0 Å². The summed E-state index contributed by atoms with van der Waals surface area (Å²) >= 11 is 0. The summed E-state index contributed by atoms with van der Waals surface area (Å²) in [5.74, 6) is -6.81. The van der Waals surface area contributed by atoms with Crippen molar-refractivity contribution >= 4 is 17.4 Å². The number of Topliss-reactive ketones (excluding diaryl/α,β-unsaturated/α-hetero) is 1. The van der Waals surface area contributed by atoms with Crippen LogP contribution in [0.1, 0.15) is 66.2 Å². The number of hydrogen-bond acceptors (Lipinski definition) is 9. The number of halogens is 3. The average molecular weight is 579 g/mol. The number of phenols is 1. The third-order valence-corrected chi connectivity index (χ3v) is 9.18. The van der Waals surface area contributed by atoms with Crippen LogP contribution in [0.3, 0.4) is 0 Å². The number of amides is 1. The second kappa shape index (κ2) is 9.85. The van der Waals surface area contributed by atoms with Gasteiger partial charge in [0, 0.05) is 17.5 Å². The Labute approximate surface area is 233 Å². The number of primary amides is 1. The van der Waals surface area contributed by atoms with Crippen molar-refractivity contribution in [1.82, 2.24) is 10.2 Å². The van der Waals surface area contributed by atoms with Gasteiger partial charge < -0.3 is 36.9 Å². The fourth-order valence-electron chi connectivity index (χ4n) is 7.40. The molecule has 8 N–H and O–H groups in total. The molecule has 0 spiro atoms. The molecule has 1 aromatic rings. The van der Waals surface area contributed by atoms with Gasteiger partial charge in [0.05, 0.1) is 22.9 Å². The van der Waals surface area contributed by atoms with E-state index in [1.165, 1.54) is 0 Å². The minimum Gasteiger partial charge on any atom is -0.510 e. The summed E-state index contributed by atoms with van der Waals surface area (Å²) in [6, 6.07) is -0.859. The van der Waals surface area contributed by atoms with Gasteiger partial charge in [-0.25, -0.2) is 0 Å². The summed E-state index contributed by atoms with van der Waals surface area (Å²) in [4.78, 5) is 27.8. The highest BCUT2D eigenvalue weighted by Crippen LogP contribution is 2.54. The van der Waals surface area contributed by atoms with E-state index < -0.39 is 92.6 Å². The Hall–Kier alpha value is -3.42. The summed E-state index contributed by atoms with van der Waals surface area (Å²) in [6.07, 6.45) is -4.39. The van der Waals surface area contributed by atoms with Crippen molar-refractivity contribution in [1.29, 1.82) is 5.41 Å². The number of carbonyl (C=O) groups excluding carboxylic acids is 2. The number of ketones is 1. The lowest BCUT2D eigenvalue weighted by Gasteiger charge is -2.52. The van der Waals surface area contributed by atoms with Crippen LogP contribution in [-0.4, -0.2) is 74.0 Å². The first kappa shape index (κ1) is 29.1. The molecule has 3 aliphatic carbocycles. The van der Waals surface area contributed by atoms with Crippen LogP contribution < -0.4 is 11.1 Å². The van der Waals surface area contributed by atoms with Crippen molar-refractivity contribution in [3.05, 3.63) is 51.0 Å². The zero-order chi connectivity index (χ0) is 30.2. The van der Waals surface area contributed by atoms with E-state index in [0.29, 0.717) is 32.5 Å². The van der Waals surface area contributed by atoms with Crippen molar-refractivity contribution in [2.75, 3.05) is 19.6 Å². The molecule has 1 saturated heterocycles. The maximum Gasteiger partial charge on any atom is 0.417 e. The Kier molecular flexibility index (Phi) is 6.98. The number of aliphatic hydroxyl groups is 3. The highest BCUT2D eigenvalue weighted by atomic mass is 19.4. The molecule has 0 saturated carbocycles. The van der Waals surface area contributed by atoms with E-state index in [4.69, 9.17) is 11.1 Å². The second-order valence-electron chi connectivity index (χ2n) is 11.1. The first-order valence-corrected chi connectivity index (χ1v) is 13.7. The number of phenolic OH excluding ortho intramolecular Hbond substituents is 1. The van der Waals surface area contributed by atoms with Gasteiger partial charge in [-0.2, -0.15) is 13.2 Å². The molecule has 0 bridgehead atoms. The van der Waals surface area contributed by atoms with Crippen LogP contribution in [-0.2, 0) is 17.4 Å². The van der Waals surface area contributed by atoms with Gasteiger partial charge >= 0.3 is 6.18 Å². The number of aliphatic hydroxyl groups excluding tert-OH is 2. The van der Waals surface area contributed by atoms with E-state index in [9.17, 15) is 43.2 Å². The Morgan fingerprint density at radius 2 is 1.90 bits per heavy atom. The molecule has 1 amide bonds. The first-order valence-electron chi connectivity index (χ1n) is 13.7. The monoisotopic (exact) mass is 578 g/mol. The minimum atomic E-state index is -4.86. The average Bonchev–Trinajstić information content (AvgIpc) is 3.42. The van der Waals surface area contributed by atoms with Gasteiger partial charge in [0.25, 0.3) is 5.91 Å². The van der Waals surface area contributed by atoms with E-state index >= 15 is 0 Å². The molecule has 0 aromatic heterocycles. The predicted molar refractivity (Wildman–Crippen MR) is 141 cm³/mol. The zero-order valence-corrected chi connectivity index (χ0v) is 22.6. The van der Waals surface area contributed by atoms with Crippen molar-refractivity contribution < 1.29 is 43.2 Å². The maximum absolute atomic E-state index is 14.6. The van der Waals surface area contributed by atoms with Crippen molar-refractivity contribution in [3.63, 3.8) is 0 Å². The zero-order valence-electron chi connectivity index (χ0n) is 22.6. The molecular formula is C28H33F3N4O6. The van der Waals surface area contributed by atoms with E-state index in [-0.39, 0.29) is 24.0 Å². The Morgan fingerprint density at radius 3 is 2.44 bits per heavy atom. The molecule has 5 atom stereocenters. The fourth-order valence-corrected chi connectivity index (χ4v) is 7.40. The van der Waals surface area contributed by atoms with Crippen LogP contribution in [0.15, 0.2) is 28.7 Å². The normalized spacial score (nSPS) is 30.0. The number of aromatic hydroxyl groups is 1. The molecular weight excluding hydrogens is 545 g/mol. The van der Waals surface area contributed by atoms with Crippen LogP contribution in [0, 0.1) is 17.2 Å². The Bertz CT molecular complexity index is 1410. The van der Waals surface area contributed by atoms with Gasteiger partial charge in [-0.05, 0) is 68.4 Å². The number of hydrogen-bond donors (Lipinski definition) is 7. The smallest absolute Gasteiger partial charge is 0.417 e. The van der Waals surface area contributed by atoms with Crippen molar-refractivity contribution in [2.45, 2.75) is 63.4 Å². The molecule has 1 fully saturated rings. The molecule has 1 heterocycles. The molecule has 41 heavy (non-hydrogen) atoms. The maximum atomic E-state index is 14.6. The van der Waals surface area contributed by atoms with Gasteiger partial charge in [0.15, 0.2) is 11.4 Å². The molecule has 10 nitrogen and oxygen atoms in total. The fraction of sp³-hybridized carbons (Fsp3) is 0.536. The van der Waals surface area contributed by atoms with E-state index in [2.05, 4.69) is 5.32 Å². The number of nitrogens with zero attached hydrogens (tertiary/aromatic N) is 1. The molecule has 13 heteroatoms. The highest BCUT2D eigenvalue weighted by molar-refractivity contribution is 6.26. The standard InChI is InChI=1S/C28H33F3N4O6/c1-3-35(4-2)21-14-9-11-8-13-18(16(36)10-12(15-6-5-7-34-15)20(13)28(29,30)31)22(37)17(11)25(39)27(14,41)24(32)19(23(21)38)26(33)40/h10-11,14-15,21,32,34,36,38-39,41H,3-9H2,1-2H3,(H2,33,40)/t11-,14-,15?,21-,27+/m0/s1. The van der Waals surface area contributed by atoms with Gasteiger partial charge in [0.1, 0.15) is 22.8 Å². The number of nitrogens with one attached hydrogen (secondary N) is 2. The summed E-state index contributed by atoms with van der Waals surface area (Å²) in [5, 5.41) is 57.0. The highest BCUT2D eigenvalue weighted by Gasteiger charge is 2.62. The number of fused-ring (bicyclic) bond motifs is 3. The van der Waals surface area contributed by atoms with Gasteiger partial charge in [-0.15, -0.1) is 0 Å². The van der Waals surface area contributed by atoms with Crippen LogP contribution in [0.5, 0.6) is 5.75 Å². The molecule has 5 rings (SSSR count). The summed E-state index contributed by atoms with van der Waals surface area (Å²) < 4.78 is 43.9. The number of carbonyl (C=O) groups is 2. The number of alkyl halides is 3. The molecule has 0 radical (unpaired) electrons. The van der Waals surface area contributed by atoms with E-state index in [0.717, 1.165) is 6.07 Å². The van der Waals surface area contributed by atoms with Crippen molar-refractivity contribution in [2.24, 2.45) is 17.6 Å². The Balaban J connectivity index is 1.75. The third kappa shape index (κ3) is 4.08. The van der Waals surface area contributed by atoms with Crippen LogP contribution in [0.2, 0.25) is 0 Å². The quantitative estimate of drug-likeness (QED) is 0.279. The summed E-state index contributed by atoms with van der Waals surface area (Å²) in [7, 11) is 0. The lowest BCUT2D eigenvalue weighted by Crippen LogP contribution is -2.64. The Morgan fingerprint density at radius 1 is 1.24 bits per heavy atom. The summed E-state index contributed by atoms with van der Waals surface area (Å²) in [5.41, 5.74) is -1.39. The second-order valence-corrected chi connectivity index (χ2v) is 11.1. The van der Waals surface area contributed by atoms with Crippen LogP contribution >= 0.6 is 0 Å². The SMILES string of the molecule is CCN(CC)[C@@H]1C(O)=C(C(N)=O)C(=N)[C@@]2(O)C(O)=C3C(=O)c4c(O)cc(C5CCCN5)c(C(F)(F)F)c4C[C@H]3C[C@@H]12. The van der Waals surface area contributed by atoms with E-state index in [1.54, 1.807) is 18.7 Å². The molecule has 4 aliphatic rings. The lowest BCUT2D eigenvalue weighted by molar-refractivity contribution is -0.139. The molecule has 1 aromatic carbocycles. The van der Waals surface area contributed by atoms with Gasteiger partial charge in [-0.3, -0.25) is 14.5 Å². The van der Waals surface area contributed by atoms with Gasteiger partial charge in [-0.1, -0.05) is 13.8 Å². The van der Waals surface area contributed by atoms with Gasteiger partial charge in [0.2, 0.25) is 0 Å². The number of allylic oxidation sites excluding steroid dienone is 1. The van der Waals surface area contributed by atoms with E-state index in [1.807, 2.05) is 0 Å². The largest absolute Gasteiger partial charge is 0.510 e. The predicted octanol–water partition coefficient (Wildman–Crippen LogP) is 2.79. The number of benzene rings is 1. The topological polar surface area (TPSA) is 180 Å².